The van der Waals surface area contributed by atoms with Gasteiger partial charge < -0.3 is 9.73 Å². The maximum Gasteiger partial charge on any atom is 0.271 e. The molecule has 0 fully saturated rings. The lowest BCUT2D eigenvalue weighted by atomic mass is 10.2. The quantitative estimate of drug-likeness (QED) is 0.809. The van der Waals surface area contributed by atoms with Crippen LogP contribution in [0, 0.1) is 0 Å². The van der Waals surface area contributed by atoms with Crippen molar-refractivity contribution >= 4 is 10.0 Å². The molecule has 0 aromatic carbocycles. The van der Waals surface area contributed by atoms with Crippen molar-refractivity contribution in [3.8, 4) is 0 Å². The lowest BCUT2D eigenvalue weighted by Crippen LogP contribution is -2.13. The lowest BCUT2D eigenvalue weighted by Gasteiger charge is -2.02. The number of sulfonamides is 1. The molecule has 0 spiro atoms. The Labute approximate surface area is 117 Å². The van der Waals surface area contributed by atoms with Crippen LogP contribution in [0.15, 0.2) is 27.8 Å². The summed E-state index contributed by atoms with van der Waals surface area (Å²) in [5.41, 5.74) is 2.16. The summed E-state index contributed by atoms with van der Waals surface area (Å²) in [6.07, 6.45) is 2.83. The molecular weight excluding hydrogens is 280 g/mol. The van der Waals surface area contributed by atoms with E-state index < -0.39 is 10.0 Å². The molecule has 7 nitrogen and oxygen atoms in total. The van der Waals surface area contributed by atoms with Crippen LogP contribution in [0.2, 0.25) is 0 Å². The first-order valence-electron chi connectivity index (χ1n) is 6.23. The molecule has 2 aromatic rings. The van der Waals surface area contributed by atoms with Crippen LogP contribution in [0.1, 0.15) is 23.9 Å². The second-order valence-corrected chi connectivity index (χ2v) is 5.99. The average Bonchev–Trinajstić information content (AvgIpc) is 2.95. The molecule has 0 aliphatic carbocycles. The highest BCUT2D eigenvalue weighted by atomic mass is 32.2. The zero-order valence-electron chi connectivity index (χ0n) is 11.5. The maximum atomic E-state index is 11.1. The van der Waals surface area contributed by atoms with Crippen molar-refractivity contribution in [2.75, 3.05) is 0 Å². The van der Waals surface area contributed by atoms with Gasteiger partial charge in [0, 0.05) is 25.4 Å². The minimum atomic E-state index is -3.77. The van der Waals surface area contributed by atoms with Gasteiger partial charge in [-0.05, 0) is 18.6 Å². The van der Waals surface area contributed by atoms with Crippen LogP contribution in [0.3, 0.4) is 0 Å². The molecule has 0 saturated heterocycles. The first kappa shape index (κ1) is 14.8. The highest BCUT2D eigenvalue weighted by molar-refractivity contribution is 7.89. The molecule has 0 aliphatic rings. The molecule has 0 aliphatic heterocycles. The first-order valence-corrected chi connectivity index (χ1v) is 7.78. The van der Waals surface area contributed by atoms with Crippen molar-refractivity contribution < 1.29 is 12.8 Å². The molecule has 3 N–H and O–H groups in total. The van der Waals surface area contributed by atoms with Crippen molar-refractivity contribution in [2.24, 2.45) is 12.2 Å². The highest BCUT2D eigenvalue weighted by Crippen LogP contribution is 2.12. The number of aromatic nitrogens is 2. The molecule has 8 heteroatoms. The number of furan rings is 1. The smallest absolute Gasteiger partial charge is 0.271 e. The van der Waals surface area contributed by atoms with Crippen molar-refractivity contribution in [3.63, 3.8) is 0 Å². The largest absolute Gasteiger partial charge is 0.447 e. The van der Waals surface area contributed by atoms with Crippen LogP contribution >= 0.6 is 0 Å². The lowest BCUT2D eigenvalue weighted by molar-refractivity contribution is 0.402. The number of nitrogens with one attached hydrogen (secondary N) is 1. The summed E-state index contributed by atoms with van der Waals surface area (Å²) in [6.45, 7) is 3.12. The summed E-state index contributed by atoms with van der Waals surface area (Å²) in [5.74, 6) is 0.524. The Balaban J connectivity index is 1.94. The molecule has 110 valence electrons. The highest BCUT2D eigenvalue weighted by Gasteiger charge is 2.13. The summed E-state index contributed by atoms with van der Waals surface area (Å²) < 4.78 is 29.1. The van der Waals surface area contributed by atoms with E-state index in [-0.39, 0.29) is 5.09 Å². The van der Waals surface area contributed by atoms with Gasteiger partial charge in [0.25, 0.3) is 10.0 Å². The minimum Gasteiger partial charge on any atom is -0.447 e. The Hall–Kier alpha value is -1.64. The van der Waals surface area contributed by atoms with Crippen LogP contribution in [-0.2, 0) is 36.6 Å². The molecule has 20 heavy (non-hydrogen) atoms. The van der Waals surface area contributed by atoms with E-state index in [9.17, 15) is 8.42 Å². The molecule has 0 amide bonds. The minimum absolute atomic E-state index is 0.218. The number of hydrogen-bond acceptors (Lipinski definition) is 5. The molecule has 2 rings (SSSR count). The maximum absolute atomic E-state index is 11.1. The van der Waals surface area contributed by atoms with Gasteiger partial charge in [-0.3, -0.25) is 4.68 Å². The summed E-state index contributed by atoms with van der Waals surface area (Å²) in [6, 6.07) is 2.95. The third-order valence-electron chi connectivity index (χ3n) is 2.86. The number of hydrogen-bond donors (Lipinski definition) is 2. The van der Waals surface area contributed by atoms with E-state index in [0.717, 1.165) is 17.7 Å². The van der Waals surface area contributed by atoms with Gasteiger partial charge in [0.15, 0.2) is 0 Å². The molecule has 0 atom stereocenters. The van der Waals surface area contributed by atoms with E-state index in [0.29, 0.717) is 18.8 Å². The molecular formula is C12H18N4O3S. The number of primary sulfonamides is 1. The van der Waals surface area contributed by atoms with E-state index in [1.54, 1.807) is 10.7 Å². The van der Waals surface area contributed by atoms with Crippen molar-refractivity contribution in [1.29, 1.82) is 0 Å². The summed E-state index contributed by atoms with van der Waals surface area (Å²) >= 11 is 0. The van der Waals surface area contributed by atoms with E-state index >= 15 is 0 Å². The third kappa shape index (κ3) is 3.47. The van der Waals surface area contributed by atoms with Crippen LogP contribution in [0.5, 0.6) is 0 Å². The normalized spacial score (nSPS) is 11.9. The monoisotopic (exact) mass is 298 g/mol. The fraction of sp³-hybridized carbons (Fsp3) is 0.417. The Morgan fingerprint density at radius 2 is 2.15 bits per heavy atom. The summed E-state index contributed by atoms with van der Waals surface area (Å²) in [7, 11) is -1.89. The number of rotatable bonds is 6. The number of nitrogens with two attached hydrogens (primary N) is 1. The van der Waals surface area contributed by atoms with Crippen LogP contribution < -0.4 is 10.5 Å². The molecule has 2 heterocycles. The van der Waals surface area contributed by atoms with Gasteiger partial charge in [-0.25, -0.2) is 13.6 Å². The second-order valence-electron chi connectivity index (χ2n) is 4.50. The predicted molar refractivity (Wildman–Crippen MR) is 73.2 cm³/mol. The molecule has 0 unspecified atom stereocenters. The van der Waals surface area contributed by atoms with Gasteiger partial charge >= 0.3 is 0 Å². The van der Waals surface area contributed by atoms with Crippen LogP contribution in [0.25, 0.3) is 0 Å². The van der Waals surface area contributed by atoms with Gasteiger partial charge in [-0.1, -0.05) is 6.92 Å². The Kier molecular flexibility index (Phi) is 4.26. The standard InChI is InChI=1S/C12H18N4O3S/c1-3-11-9(8-16(2)15-11)6-14-7-10-4-5-12(19-10)20(13,17)18/h4-5,8,14H,3,6-7H2,1-2H3,(H2,13,17,18). The van der Waals surface area contributed by atoms with Gasteiger partial charge in [-0.2, -0.15) is 5.10 Å². The molecule has 2 aromatic heterocycles. The predicted octanol–water partition coefficient (Wildman–Crippen LogP) is 0.513. The van der Waals surface area contributed by atoms with Crippen molar-refractivity contribution in [1.82, 2.24) is 15.1 Å². The Bertz CT molecular complexity index is 687. The SMILES string of the molecule is CCc1nn(C)cc1CNCc1ccc(S(N)(=O)=O)o1. The van der Waals surface area contributed by atoms with Crippen LogP contribution in [-0.4, -0.2) is 18.2 Å². The second kappa shape index (κ2) is 5.78. The Morgan fingerprint density at radius 3 is 2.75 bits per heavy atom. The first-order chi connectivity index (χ1) is 9.40. The van der Waals surface area contributed by atoms with Gasteiger partial charge in [0.1, 0.15) is 5.76 Å². The number of nitrogens with zero attached hydrogens (tertiary/aromatic N) is 2. The van der Waals surface area contributed by atoms with Crippen molar-refractivity contribution in [3.05, 3.63) is 35.3 Å². The third-order valence-corrected chi connectivity index (χ3v) is 3.64. The molecule has 0 saturated carbocycles. The fourth-order valence-corrected chi connectivity index (χ4v) is 2.44. The van der Waals surface area contributed by atoms with Gasteiger partial charge in [0.05, 0.1) is 12.2 Å². The van der Waals surface area contributed by atoms with E-state index in [1.165, 1.54) is 6.07 Å². The average molecular weight is 298 g/mol. The topological polar surface area (TPSA) is 103 Å². The molecule has 0 radical (unpaired) electrons. The molecule has 0 bridgehead atoms. The van der Waals surface area contributed by atoms with E-state index in [4.69, 9.17) is 9.56 Å². The zero-order valence-corrected chi connectivity index (χ0v) is 12.3. The van der Waals surface area contributed by atoms with E-state index in [1.807, 2.05) is 13.2 Å². The Morgan fingerprint density at radius 1 is 1.40 bits per heavy atom. The van der Waals surface area contributed by atoms with Crippen LogP contribution in [0.4, 0.5) is 0 Å². The zero-order chi connectivity index (χ0) is 14.8. The van der Waals surface area contributed by atoms with E-state index in [2.05, 4.69) is 17.3 Å². The van der Waals surface area contributed by atoms with Gasteiger partial charge in [-0.15, -0.1) is 0 Å². The van der Waals surface area contributed by atoms with Gasteiger partial charge in [0.2, 0.25) is 5.09 Å². The summed E-state index contributed by atoms with van der Waals surface area (Å²) in [4.78, 5) is 0. The van der Waals surface area contributed by atoms with Crippen molar-refractivity contribution in [2.45, 2.75) is 31.5 Å². The summed E-state index contributed by atoms with van der Waals surface area (Å²) in [5, 5.41) is 12.3. The fourth-order valence-electron chi connectivity index (χ4n) is 1.96. The number of aryl methyl sites for hydroxylation is 2.